The van der Waals surface area contributed by atoms with Crippen molar-refractivity contribution in [2.75, 3.05) is 33.9 Å². The van der Waals surface area contributed by atoms with Gasteiger partial charge in [0.15, 0.2) is 11.5 Å². The molecule has 1 N–H and O–H groups in total. The van der Waals surface area contributed by atoms with E-state index in [-0.39, 0.29) is 23.3 Å². The molecule has 0 spiro atoms. The van der Waals surface area contributed by atoms with Gasteiger partial charge in [-0.25, -0.2) is 0 Å². The summed E-state index contributed by atoms with van der Waals surface area (Å²) in [6, 6.07) is 4.38. The molecule has 30 heavy (non-hydrogen) atoms. The summed E-state index contributed by atoms with van der Waals surface area (Å²) in [5.41, 5.74) is 1.90. The Bertz CT molecular complexity index is 725. The first-order chi connectivity index (χ1) is 14.1. The van der Waals surface area contributed by atoms with Crippen LogP contribution in [-0.4, -0.2) is 67.3 Å². The molecule has 0 amide bonds. The fourth-order valence-electron chi connectivity index (χ4n) is 4.37. The highest BCUT2D eigenvalue weighted by molar-refractivity contribution is 5.49. The Kier molecular flexibility index (Phi) is 7.02. The van der Waals surface area contributed by atoms with Gasteiger partial charge in [-0.3, -0.25) is 4.90 Å². The van der Waals surface area contributed by atoms with E-state index < -0.39 is 6.10 Å². The Hall–Kier alpha value is -1.34. The fraction of sp³-hybridized carbons (Fsp3) is 0.750. The lowest BCUT2D eigenvalue weighted by atomic mass is 9.84. The van der Waals surface area contributed by atoms with Crippen molar-refractivity contribution in [3.63, 3.8) is 0 Å². The molecule has 1 saturated heterocycles. The van der Waals surface area contributed by atoms with Gasteiger partial charge >= 0.3 is 0 Å². The smallest absolute Gasteiger partial charge is 0.161 e. The van der Waals surface area contributed by atoms with Gasteiger partial charge in [0, 0.05) is 26.2 Å². The molecule has 0 aliphatic carbocycles. The molecule has 1 fully saturated rings. The van der Waals surface area contributed by atoms with Gasteiger partial charge in [-0.1, -0.05) is 6.92 Å². The maximum atomic E-state index is 10.8. The van der Waals surface area contributed by atoms with Crippen LogP contribution in [0.4, 0.5) is 0 Å². The molecule has 1 aromatic carbocycles. The van der Waals surface area contributed by atoms with E-state index in [9.17, 15) is 5.11 Å². The van der Waals surface area contributed by atoms with Gasteiger partial charge in [0.05, 0.1) is 30.5 Å². The highest BCUT2D eigenvalue weighted by atomic mass is 16.5. The lowest BCUT2D eigenvalue weighted by Crippen LogP contribution is -2.53. The first kappa shape index (κ1) is 23.3. The first-order valence-electron chi connectivity index (χ1n) is 11.1. The van der Waals surface area contributed by atoms with Gasteiger partial charge in [0.1, 0.15) is 6.61 Å². The molecule has 1 unspecified atom stereocenters. The molecule has 0 saturated carbocycles. The van der Waals surface area contributed by atoms with Crippen LogP contribution in [-0.2, 0) is 15.9 Å². The molecule has 170 valence electrons. The van der Waals surface area contributed by atoms with Crippen molar-refractivity contribution in [3.8, 4) is 11.5 Å². The van der Waals surface area contributed by atoms with Crippen LogP contribution in [0, 0.1) is 0 Å². The normalized spacial score (nSPS) is 26.5. The van der Waals surface area contributed by atoms with Gasteiger partial charge in [-0.05, 0) is 70.2 Å². The molecule has 6 nitrogen and oxygen atoms in total. The van der Waals surface area contributed by atoms with E-state index in [2.05, 4.69) is 30.9 Å². The summed E-state index contributed by atoms with van der Waals surface area (Å²) >= 11 is 0. The monoisotopic (exact) mass is 421 g/mol. The predicted molar refractivity (Wildman–Crippen MR) is 117 cm³/mol. The maximum Gasteiger partial charge on any atom is 0.161 e. The molecule has 4 atom stereocenters. The first-order valence-corrected chi connectivity index (χ1v) is 11.1. The van der Waals surface area contributed by atoms with Crippen molar-refractivity contribution in [2.24, 2.45) is 0 Å². The largest absolute Gasteiger partial charge is 0.493 e. The third-order valence-corrected chi connectivity index (χ3v) is 6.48. The lowest BCUT2D eigenvalue weighted by molar-refractivity contribution is -0.149. The van der Waals surface area contributed by atoms with Gasteiger partial charge < -0.3 is 24.1 Å². The molecule has 0 radical (unpaired) electrons. The van der Waals surface area contributed by atoms with Gasteiger partial charge in [0.25, 0.3) is 0 Å². The summed E-state index contributed by atoms with van der Waals surface area (Å²) in [7, 11) is 3.39. The van der Waals surface area contributed by atoms with Crippen molar-refractivity contribution in [1.29, 1.82) is 0 Å². The Morgan fingerprint density at radius 1 is 1.13 bits per heavy atom. The highest BCUT2D eigenvalue weighted by Gasteiger charge is 2.40. The Balaban J connectivity index is 1.80. The van der Waals surface area contributed by atoms with Crippen LogP contribution in [0.1, 0.15) is 64.6 Å². The van der Waals surface area contributed by atoms with Crippen LogP contribution >= 0.6 is 0 Å². The zero-order valence-corrected chi connectivity index (χ0v) is 19.7. The molecule has 0 aromatic heterocycles. The van der Waals surface area contributed by atoms with Crippen LogP contribution in [0.25, 0.3) is 0 Å². The van der Waals surface area contributed by atoms with E-state index in [0.717, 1.165) is 37.4 Å². The lowest BCUT2D eigenvalue weighted by Gasteiger charge is -2.46. The number of hydrogen-bond acceptors (Lipinski definition) is 6. The average Bonchev–Trinajstić information content (AvgIpc) is 2.71. The number of fused-ring (bicyclic) bond motifs is 3. The minimum absolute atomic E-state index is 0.159. The van der Waals surface area contributed by atoms with Crippen LogP contribution in [0.2, 0.25) is 0 Å². The Morgan fingerprint density at radius 3 is 2.47 bits per heavy atom. The quantitative estimate of drug-likeness (QED) is 0.724. The van der Waals surface area contributed by atoms with Gasteiger partial charge in [0.2, 0.25) is 0 Å². The van der Waals surface area contributed by atoms with E-state index >= 15 is 0 Å². The number of benzene rings is 1. The Morgan fingerprint density at radius 2 is 1.87 bits per heavy atom. The molecule has 1 aromatic rings. The van der Waals surface area contributed by atoms with E-state index in [1.807, 2.05) is 20.8 Å². The molecule has 3 rings (SSSR count). The zero-order valence-electron chi connectivity index (χ0n) is 19.7. The zero-order chi connectivity index (χ0) is 22.1. The van der Waals surface area contributed by atoms with E-state index in [4.69, 9.17) is 18.9 Å². The molecule has 2 heterocycles. The SMILES string of the molecule is CCC(C)(COc1cc2c(cc1OC)[C@H]1C[C@@H](O)[C@H](OC(C)(C)C)CN1CC2)OC. The van der Waals surface area contributed by atoms with Crippen LogP contribution in [0.3, 0.4) is 0 Å². The van der Waals surface area contributed by atoms with Crippen LogP contribution in [0.15, 0.2) is 12.1 Å². The number of hydrogen-bond donors (Lipinski definition) is 1. The van der Waals surface area contributed by atoms with E-state index in [1.165, 1.54) is 11.1 Å². The summed E-state index contributed by atoms with van der Waals surface area (Å²) in [6.07, 6.45) is 1.83. The topological polar surface area (TPSA) is 60.4 Å². The average molecular weight is 422 g/mol. The van der Waals surface area contributed by atoms with Crippen molar-refractivity contribution < 1.29 is 24.1 Å². The van der Waals surface area contributed by atoms with Crippen LogP contribution < -0.4 is 9.47 Å². The molecular formula is C24H39NO5. The van der Waals surface area contributed by atoms with E-state index in [1.54, 1.807) is 14.2 Å². The maximum absolute atomic E-state index is 10.8. The number of rotatable bonds is 7. The molecule has 2 aliphatic rings. The van der Waals surface area contributed by atoms with Crippen molar-refractivity contribution in [1.82, 2.24) is 4.90 Å². The van der Waals surface area contributed by atoms with Crippen LogP contribution in [0.5, 0.6) is 11.5 Å². The van der Waals surface area contributed by atoms with Gasteiger partial charge in [-0.2, -0.15) is 0 Å². The standard InChI is InChI=1S/C24H39NO5/c1-8-24(5,28-7)15-29-21-11-16-9-10-25-14-22(30-23(2,3)4)19(26)13-18(25)17(16)12-20(21)27-6/h11-12,18-19,22,26H,8-10,13-15H2,1-7H3/t18-,19-,22-,24?/m1/s1. The fourth-order valence-corrected chi connectivity index (χ4v) is 4.37. The second-order valence-corrected chi connectivity index (χ2v) is 9.83. The number of nitrogens with zero attached hydrogens (tertiary/aromatic N) is 1. The second kappa shape index (κ2) is 9.03. The minimum atomic E-state index is -0.481. The van der Waals surface area contributed by atoms with Crippen molar-refractivity contribution in [3.05, 3.63) is 23.3 Å². The van der Waals surface area contributed by atoms with Crippen molar-refractivity contribution >= 4 is 0 Å². The number of methoxy groups -OCH3 is 2. The summed E-state index contributed by atoms with van der Waals surface area (Å²) < 4.78 is 23.5. The molecular weight excluding hydrogens is 382 g/mol. The predicted octanol–water partition coefficient (Wildman–Crippen LogP) is 3.74. The number of ether oxygens (including phenoxy) is 4. The number of aliphatic hydroxyl groups excluding tert-OH is 1. The summed E-state index contributed by atoms with van der Waals surface area (Å²) in [5, 5.41) is 10.8. The molecule has 2 aliphatic heterocycles. The number of aliphatic hydroxyl groups is 1. The molecule has 0 bridgehead atoms. The summed E-state index contributed by atoms with van der Waals surface area (Å²) in [6.45, 7) is 12.4. The highest BCUT2D eigenvalue weighted by Crippen LogP contribution is 2.42. The molecule has 6 heteroatoms. The third-order valence-electron chi connectivity index (χ3n) is 6.48. The minimum Gasteiger partial charge on any atom is -0.493 e. The van der Waals surface area contributed by atoms with E-state index in [0.29, 0.717) is 13.0 Å². The third kappa shape index (κ3) is 5.10. The summed E-state index contributed by atoms with van der Waals surface area (Å²) in [5.74, 6) is 1.49. The van der Waals surface area contributed by atoms with Crippen molar-refractivity contribution in [2.45, 2.75) is 83.3 Å². The number of piperidine rings is 1. The Labute approximate surface area is 181 Å². The van der Waals surface area contributed by atoms with Gasteiger partial charge in [-0.15, -0.1) is 0 Å². The second-order valence-electron chi connectivity index (χ2n) is 9.83. The summed E-state index contributed by atoms with van der Waals surface area (Å²) in [4.78, 5) is 2.44.